The second-order valence-corrected chi connectivity index (χ2v) is 7.42. The van der Waals surface area contributed by atoms with E-state index in [4.69, 9.17) is 12.2 Å². The maximum absolute atomic E-state index is 11.0. The number of carbonyl (C=O) groups is 1. The molecule has 1 aromatic carbocycles. The number of carbonyl (C=O) groups excluding carboxylic acids is 1. The Morgan fingerprint density at radius 3 is 2.62 bits per heavy atom. The van der Waals surface area contributed by atoms with Gasteiger partial charge in [0.1, 0.15) is 0 Å². The van der Waals surface area contributed by atoms with Gasteiger partial charge in [-0.25, -0.2) is 4.98 Å². The highest BCUT2D eigenvalue weighted by molar-refractivity contribution is 7.80. The van der Waals surface area contributed by atoms with E-state index in [0.717, 1.165) is 42.1 Å². The molecule has 0 aliphatic rings. The Kier molecular flexibility index (Phi) is 8.50. The van der Waals surface area contributed by atoms with Crippen molar-refractivity contribution in [2.24, 2.45) is 0 Å². The van der Waals surface area contributed by atoms with Gasteiger partial charge in [-0.05, 0) is 37.5 Å². The number of methoxy groups -OCH3 is 1. The van der Waals surface area contributed by atoms with Crippen LogP contribution in [0.15, 0.2) is 29.6 Å². The van der Waals surface area contributed by atoms with Gasteiger partial charge in [-0.2, -0.15) is 0 Å². The summed E-state index contributed by atoms with van der Waals surface area (Å²) in [6.07, 6.45) is 3.28. The quantitative estimate of drug-likeness (QED) is 0.385. The molecule has 1 heterocycles. The number of ether oxygens (including phenoxy) is 1. The van der Waals surface area contributed by atoms with Crippen molar-refractivity contribution in [3.8, 4) is 11.3 Å². The minimum Gasteiger partial charge on any atom is -0.469 e. The van der Waals surface area contributed by atoms with E-state index in [1.54, 1.807) is 11.3 Å². The summed E-state index contributed by atoms with van der Waals surface area (Å²) in [6, 6.07) is 8.35. The first kappa shape index (κ1) is 20.3. The molecule has 1 aromatic heterocycles. The van der Waals surface area contributed by atoms with Crippen molar-refractivity contribution >= 4 is 34.6 Å². The third-order valence-corrected chi connectivity index (χ3v) is 4.95. The first-order valence-corrected chi connectivity index (χ1v) is 9.97. The summed E-state index contributed by atoms with van der Waals surface area (Å²) in [5.74, 6) is -0.147. The van der Waals surface area contributed by atoms with Crippen LogP contribution < -0.4 is 10.6 Å². The molecule has 0 unspecified atom stereocenters. The lowest BCUT2D eigenvalue weighted by Crippen LogP contribution is -2.35. The number of hydrogen-bond donors (Lipinski definition) is 2. The van der Waals surface area contributed by atoms with Crippen LogP contribution in [-0.4, -0.2) is 29.7 Å². The molecule has 0 saturated carbocycles. The second-order valence-electron chi connectivity index (χ2n) is 5.94. The highest BCUT2D eigenvalue weighted by Crippen LogP contribution is 2.21. The number of hydrogen-bond acceptors (Lipinski definition) is 5. The van der Waals surface area contributed by atoms with Crippen LogP contribution in [0.3, 0.4) is 0 Å². The number of esters is 1. The standard InChI is InChI=1S/C19H25N3O2S2/c1-14-22-17(13-26-14)16-9-7-15(8-10-16)12-21-19(25)20-11-5-3-4-6-18(23)24-2/h7-10,13H,3-6,11-12H2,1-2H3,(H2,20,21,25). The topological polar surface area (TPSA) is 63.2 Å². The molecular weight excluding hydrogens is 366 g/mol. The zero-order chi connectivity index (χ0) is 18.8. The van der Waals surface area contributed by atoms with E-state index < -0.39 is 0 Å². The van der Waals surface area contributed by atoms with E-state index in [-0.39, 0.29) is 5.97 Å². The number of nitrogens with zero attached hydrogens (tertiary/aromatic N) is 1. The van der Waals surface area contributed by atoms with Gasteiger partial charge in [0.15, 0.2) is 5.11 Å². The Labute approximate surface area is 164 Å². The van der Waals surface area contributed by atoms with Gasteiger partial charge in [-0.15, -0.1) is 11.3 Å². The molecule has 0 spiro atoms. The smallest absolute Gasteiger partial charge is 0.305 e. The van der Waals surface area contributed by atoms with Crippen LogP contribution in [0.1, 0.15) is 36.3 Å². The number of aromatic nitrogens is 1. The predicted octanol–water partition coefficient (Wildman–Crippen LogP) is 3.82. The molecule has 0 aliphatic carbocycles. The highest BCUT2D eigenvalue weighted by atomic mass is 32.1. The summed E-state index contributed by atoms with van der Waals surface area (Å²) in [5.41, 5.74) is 3.32. The third-order valence-electron chi connectivity index (χ3n) is 3.89. The predicted molar refractivity (Wildman–Crippen MR) is 110 cm³/mol. The van der Waals surface area contributed by atoms with Crippen LogP contribution >= 0.6 is 23.6 Å². The van der Waals surface area contributed by atoms with E-state index in [1.807, 2.05) is 6.92 Å². The van der Waals surface area contributed by atoms with Crippen LogP contribution in [0, 0.1) is 6.92 Å². The minimum absolute atomic E-state index is 0.147. The van der Waals surface area contributed by atoms with Gasteiger partial charge in [0.2, 0.25) is 0 Å². The fraction of sp³-hybridized carbons (Fsp3) is 0.421. The average molecular weight is 392 g/mol. The number of unbranched alkanes of at least 4 members (excludes halogenated alkanes) is 2. The molecule has 2 N–H and O–H groups in total. The summed E-state index contributed by atoms with van der Waals surface area (Å²) in [6.45, 7) is 3.50. The number of rotatable bonds is 9. The van der Waals surface area contributed by atoms with E-state index in [9.17, 15) is 4.79 Å². The molecule has 2 aromatic rings. The molecular formula is C19H25N3O2S2. The Hall–Kier alpha value is -1.99. The van der Waals surface area contributed by atoms with E-state index >= 15 is 0 Å². The maximum atomic E-state index is 11.0. The normalized spacial score (nSPS) is 10.4. The number of benzene rings is 1. The lowest BCUT2D eigenvalue weighted by Gasteiger charge is -2.10. The van der Waals surface area contributed by atoms with Gasteiger partial charge in [0, 0.05) is 30.5 Å². The molecule has 0 fully saturated rings. The Morgan fingerprint density at radius 2 is 1.96 bits per heavy atom. The van der Waals surface area contributed by atoms with Crippen molar-refractivity contribution in [3.63, 3.8) is 0 Å². The molecule has 0 amide bonds. The molecule has 2 rings (SSSR count). The molecule has 7 heteroatoms. The molecule has 0 radical (unpaired) electrons. The Balaban J connectivity index is 1.62. The fourth-order valence-electron chi connectivity index (χ4n) is 2.41. The first-order valence-electron chi connectivity index (χ1n) is 8.68. The molecule has 0 saturated heterocycles. The van der Waals surface area contributed by atoms with Crippen LogP contribution in [0.5, 0.6) is 0 Å². The minimum atomic E-state index is -0.147. The SMILES string of the molecule is COC(=O)CCCCCNC(=S)NCc1ccc(-c2csc(C)n2)cc1. The van der Waals surface area contributed by atoms with Crippen molar-refractivity contribution < 1.29 is 9.53 Å². The summed E-state index contributed by atoms with van der Waals surface area (Å²) in [7, 11) is 1.42. The maximum Gasteiger partial charge on any atom is 0.305 e. The number of thiazole rings is 1. The molecule has 140 valence electrons. The summed E-state index contributed by atoms with van der Waals surface area (Å²) >= 11 is 6.95. The van der Waals surface area contributed by atoms with Gasteiger partial charge < -0.3 is 15.4 Å². The monoisotopic (exact) mass is 391 g/mol. The van der Waals surface area contributed by atoms with Crippen molar-refractivity contribution in [2.45, 2.75) is 39.2 Å². The van der Waals surface area contributed by atoms with Gasteiger partial charge in [-0.3, -0.25) is 4.79 Å². The zero-order valence-electron chi connectivity index (χ0n) is 15.2. The number of aryl methyl sites for hydroxylation is 1. The van der Waals surface area contributed by atoms with Gasteiger partial charge >= 0.3 is 5.97 Å². The molecule has 0 atom stereocenters. The van der Waals surface area contributed by atoms with E-state index in [2.05, 4.69) is 50.0 Å². The lowest BCUT2D eigenvalue weighted by atomic mass is 10.1. The van der Waals surface area contributed by atoms with Gasteiger partial charge in [0.05, 0.1) is 17.8 Å². The highest BCUT2D eigenvalue weighted by Gasteiger charge is 2.03. The third kappa shape index (κ3) is 7.09. The largest absolute Gasteiger partial charge is 0.469 e. The lowest BCUT2D eigenvalue weighted by molar-refractivity contribution is -0.140. The molecule has 5 nitrogen and oxygen atoms in total. The fourth-order valence-corrected chi connectivity index (χ4v) is 3.21. The van der Waals surface area contributed by atoms with Crippen molar-refractivity contribution in [1.29, 1.82) is 0 Å². The van der Waals surface area contributed by atoms with Gasteiger partial charge in [0.25, 0.3) is 0 Å². The van der Waals surface area contributed by atoms with Gasteiger partial charge in [-0.1, -0.05) is 30.7 Å². The zero-order valence-corrected chi connectivity index (χ0v) is 16.8. The van der Waals surface area contributed by atoms with Crippen LogP contribution in [0.4, 0.5) is 0 Å². The first-order chi connectivity index (χ1) is 12.6. The summed E-state index contributed by atoms with van der Waals surface area (Å²) in [5, 5.41) is 10.2. The van der Waals surface area contributed by atoms with Crippen molar-refractivity contribution in [3.05, 3.63) is 40.2 Å². The summed E-state index contributed by atoms with van der Waals surface area (Å²) in [4.78, 5) is 15.5. The van der Waals surface area contributed by atoms with E-state index in [0.29, 0.717) is 18.1 Å². The average Bonchev–Trinajstić information content (AvgIpc) is 3.09. The Bertz CT molecular complexity index is 714. The van der Waals surface area contributed by atoms with Crippen LogP contribution in [0.2, 0.25) is 0 Å². The van der Waals surface area contributed by atoms with Crippen LogP contribution in [0.25, 0.3) is 11.3 Å². The number of nitrogens with one attached hydrogen (secondary N) is 2. The van der Waals surface area contributed by atoms with Crippen LogP contribution in [-0.2, 0) is 16.1 Å². The van der Waals surface area contributed by atoms with E-state index in [1.165, 1.54) is 12.7 Å². The van der Waals surface area contributed by atoms with Crippen molar-refractivity contribution in [1.82, 2.24) is 15.6 Å². The second kappa shape index (κ2) is 10.9. The molecule has 0 aliphatic heterocycles. The Morgan fingerprint density at radius 1 is 1.19 bits per heavy atom. The molecule has 26 heavy (non-hydrogen) atoms. The summed E-state index contributed by atoms with van der Waals surface area (Å²) < 4.78 is 4.61. The van der Waals surface area contributed by atoms with Crippen molar-refractivity contribution in [2.75, 3.05) is 13.7 Å². The molecule has 0 bridgehead atoms. The number of thiocarbonyl (C=S) groups is 1.